The summed E-state index contributed by atoms with van der Waals surface area (Å²) < 4.78 is 29.9. The topological polar surface area (TPSA) is 50.4 Å². The highest BCUT2D eigenvalue weighted by Crippen LogP contribution is 2.25. The number of amides is 1. The van der Waals surface area contributed by atoms with Crippen molar-refractivity contribution >= 4 is 34.2 Å². The molecule has 1 aromatic rings. The van der Waals surface area contributed by atoms with Crippen LogP contribution in [0.1, 0.15) is 18.4 Å². The fourth-order valence-electron chi connectivity index (χ4n) is 2.30. The molecule has 22 heavy (non-hydrogen) atoms. The van der Waals surface area contributed by atoms with Crippen LogP contribution in [0.2, 0.25) is 0 Å². The van der Waals surface area contributed by atoms with Crippen molar-refractivity contribution in [2.75, 3.05) is 13.1 Å². The molecule has 0 bridgehead atoms. The summed E-state index contributed by atoms with van der Waals surface area (Å²) in [5, 5.41) is 5.95. The van der Waals surface area contributed by atoms with Crippen molar-refractivity contribution in [3.05, 3.63) is 28.2 Å². The Morgan fingerprint density at radius 3 is 2.91 bits per heavy atom. The standard InChI is InChI=1S/C14H17BrF2N2O2.ClH/c15-11-3-4-12(21-14(16)17)10(6-11)8-19-13(20)9-2-1-5-18-7-9;/h3-4,6,9,14,18H,1-2,5,7-8H2,(H,19,20);1H. The normalized spacial score (nSPS) is 17.7. The van der Waals surface area contributed by atoms with Crippen molar-refractivity contribution in [3.63, 3.8) is 0 Å². The first-order chi connectivity index (χ1) is 10.1. The lowest BCUT2D eigenvalue weighted by Crippen LogP contribution is -2.40. The minimum absolute atomic E-state index is 0. The summed E-state index contributed by atoms with van der Waals surface area (Å²) in [6.45, 7) is -1.13. The van der Waals surface area contributed by atoms with Gasteiger partial charge in [0.25, 0.3) is 0 Å². The molecule has 1 atom stereocenters. The van der Waals surface area contributed by atoms with Crippen molar-refractivity contribution in [3.8, 4) is 5.75 Å². The molecule has 2 N–H and O–H groups in total. The molecule has 4 nitrogen and oxygen atoms in total. The number of hydrogen-bond acceptors (Lipinski definition) is 3. The van der Waals surface area contributed by atoms with Gasteiger partial charge in [-0.05, 0) is 37.6 Å². The molecule has 0 radical (unpaired) electrons. The van der Waals surface area contributed by atoms with Crippen LogP contribution in [0.5, 0.6) is 5.75 Å². The van der Waals surface area contributed by atoms with Gasteiger partial charge in [-0.1, -0.05) is 15.9 Å². The molecule has 8 heteroatoms. The summed E-state index contributed by atoms with van der Waals surface area (Å²) in [6, 6.07) is 4.74. The molecule has 1 aliphatic heterocycles. The fourth-order valence-corrected chi connectivity index (χ4v) is 2.71. The zero-order valence-electron chi connectivity index (χ0n) is 11.8. The van der Waals surface area contributed by atoms with Crippen molar-refractivity contribution in [1.82, 2.24) is 10.6 Å². The van der Waals surface area contributed by atoms with Crippen LogP contribution in [0.3, 0.4) is 0 Å². The second kappa shape index (κ2) is 9.27. The summed E-state index contributed by atoms with van der Waals surface area (Å²) in [6.07, 6.45) is 1.81. The number of carbonyl (C=O) groups excluding carboxylic acids is 1. The summed E-state index contributed by atoms with van der Waals surface area (Å²) in [7, 11) is 0. The van der Waals surface area contributed by atoms with E-state index in [-0.39, 0.29) is 36.5 Å². The smallest absolute Gasteiger partial charge is 0.387 e. The number of nitrogens with one attached hydrogen (secondary N) is 2. The third kappa shape index (κ3) is 5.70. The molecule has 1 fully saturated rings. The molecule has 124 valence electrons. The zero-order valence-corrected chi connectivity index (χ0v) is 14.2. The van der Waals surface area contributed by atoms with Crippen molar-refractivity contribution < 1.29 is 18.3 Å². The van der Waals surface area contributed by atoms with Gasteiger partial charge in [0.2, 0.25) is 5.91 Å². The molecule has 0 aliphatic carbocycles. The van der Waals surface area contributed by atoms with Gasteiger partial charge in [0.05, 0.1) is 5.92 Å². The molecule has 2 rings (SSSR count). The number of benzene rings is 1. The minimum Gasteiger partial charge on any atom is -0.434 e. The number of rotatable bonds is 5. The second-order valence-electron chi connectivity index (χ2n) is 4.89. The van der Waals surface area contributed by atoms with E-state index in [4.69, 9.17) is 0 Å². The predicted octanol–water partition coefficient (Wildman–Crippen LogP) is 3.09. The van der Waals surface area contributed by atoms with E-state index in [0.717, 1.165) is 23.9 Å². The number of alkyl halides is 2. The average molecular weight is 400 g/mol. The Kier molecular flexibility index (Phi) is 8.06. The highest BCUT2D eigenvalue weighted by Gasteiger charge is 2.21. The lowest BCUT2D eigenvalue weighted by molar-refractivity contribution is -0.125. The van der Waals surface area contributed by atoms with Gasteiger partial charge in [0, 0.05) is 23.1 Å². The highest BCUT2D eigenvalue weighted by atomic mass is 79.9. The van der Waals surface area contributed by atoms with Crippen LogP contribution in [0.15, 0.2) is 22.7 Å². The Balaban J connectivity index is 0.00000242. The number of halogens is 4. The summed E-state index contributed by atoms with van der Waals surface area (Å²) >= 11 is 3.28. The number of carbonyl (C=O) groups is 1. The van der Waals surface area contributed by atoms with Crippen molar-refractivity contribution in [2.45, 2.75) is 26.0 Å². The first kappa shape index (κ1) is 19.1. The molecule has 0 spiro atoms. The van der Waals surface area contributed by atoms with E-state index in [0.29, 0.717) is 12.1 Å². The van der Waals surface area contributed by atoms with E-state index in [9.17, 15) is 13.6 Å². The van der Waals surface area contributed by atoms with Gasteiger partial charge >= 0.3 is 6.61 Å². The monoisotopic (exact) mass is 398 g/mol. The minimum atomic E-state index is -2.89. The first-order valence-corrected chi connectivity index (χ1v) is 7.57. The molecule has 0 aromatic heterocycles. The first-order valence-electron chi connectivity index (χ1n) is 6.78. The molecule has 1 aliphatic rings. The second-order valence-corrected chi connectivity index (χ2v) is 5.81. The van der Waals surface area contributed by atoms with Crippen LogP contribution in [-0.4, -0.2) is 25.6 Å². The number of ether oxygens (including phenoxy) is 1. The number of hydrogen-bond donors (Lipinski definition) is 2. The van der Waals surface area contributed by atoms with E-state index < -0.39 is 6.61 Å². The largest absolute Gasteiger partial charge is 0.434 e. The van der Waals surface area contributed by atoms with Crippen molar-refractivity contribution in [1.29, 1.82) is 0 Å². The Bertz CT molecular complexity index is 500. The Morgan fingerprint density at radius 2 is 2.27 bits per heavy atom. The lowest BCUT2D eigenvalue weighted by Gasteiger charge is -2.22. The maximum Gasteiger partial charge on any atom is 0.387 e. The fraction of sp³-hybridized carbons (Fsp3) is 0.500. The van der Waals surface area contributed by atoms with Gasteiger partial charge in [-0.2, -0.15) is 8.78 Å². The Hall–Kier alpha value is -0.920. The van der Waals surface area contributed by atoms with Gasteiger partial charge in [0.1, 0.15) is 5.75 Å². The van der Waals surface area contributed by atoms with E-state index in [1.54, 1.807) is 12.1 Å². The lowest BCUT2D eigenvalue weighted by atomic mass is 9.99. The van der Waals surface area contributed by atoms with Crippen LogP contribution in [0.4, 0.5) is 8.78 Å². The third-order valence-corrected chi connectivity index (χ3v) is 3.85. The van der Waals surface area contributed by atoms with Crippen LogP contribution >= 0.6 is 28.3 Å². The molecular weight excluding hydrogens is 382 g/mol. The third-order valence-electron chi connectivity index (χ3n) is 3.36. The van der Waals surface area contributed by atoms with E-state index >= 15 is 0 Å². The van der Waals surface area contributed by atoms with Crippen molar-refractivity contribution in [2.24, 2.45) is 5.92 Å². The number of piperidine rings is 1. The van der Waals surface area contributed by atoms with Crippen LogP contribution in [0.25, 0.3) is 0 Å². The van der Waals surface area contributed by atoms with E-state index in [1.807, 2.05) is 0 Å². The van der Waals surface area contributed by atoms with Gasteiger partial charge in [-0.25, -0.2) is 0 Å². The zero-order chi connectivity index (χ0) is 15.2. The summed E-state index contributed by atoms with van der Waals surface area (Å²) in [5.74, 6) is -0.0502. The summed E-state index contributed by atoms with van der Waals surface area (Å²) in [4.78, 5) is 12.0. The Labute approximate surface area is 142 Å². The molecular formula is C14H18BrClF2N2O2. The van der Waals surface area contributed by atoms with Gasteiger partial charge in [-0.3, -0.25) is 4.79 Å². The quantitative estimate of drug-likeness (QED) is 0.800. The maximum absolute atomic E-state index is 12.4. The van der Waals surface area contributed by atoms with Gasteiger partial charge in [-0.15, -0.1) is 12.4 Å². The van der Waals surface area contributed by atoms with E-state index in [1.165, 1.54) is 6.07 Å². The maximum atomic E-state index is 12.4. The highest BCUT2D eigenvalue weighted by molar-refractivity contribution is 9.10. The SMILES string of the molecule is Cl.O=C(NCc1cc(Br)ccc1OC(F)F)C1CCCNC1. The Morgan fingerprint density at radius 1 is 1.50 bits per heavy atom. The average Bonchev–Trinajstić information content (AvgIpc) is 2.47. The molecule has 0 saturated carbocycles. The van der Waals surface area contributed by atoms with Gasteiger partial charge in [0.15, 0.2) is 0 Å². The molecule has 1 heterocycles. The molecule has 1 unspecified atom stereocenters. The van der Waals surface area contributed by atoms with Crippen LogP contribution in [-0.2, 0) is 11.3 Å². The van der Waals surface area contributed by atoms with E-state index in [2.05, 4.69) is 31.3 Å². The predicted molar refractivity (Wildman–Crippen MR) is 85.5 cm³/mol. The summed E-state index contributed by atoms with van der Waals surface area (Å²) in [5.41, 5.74) is 0.516. The van der Waals surface area contributed by atoms with Crippen LogP contribution in [0, 0.1) is 5.92 Å². The molecule has 1 saturated heterocycles. The molecule has 1 aromatic carbocycles. The van der Waals surface area contributed by atoms with Gasteiger partial charge < -0.3 is 15.4 Å². The molecule has 1 amide bonds. The van der Waals surface area contributed by atoms with Crippen LogP contribution < -0.4 is 15.4 Å².